The standard InChI is InChI=1S/C11H12N2O6/c1-11(2,13(17)18)7-19-10(14)8-3-5-9(6-4-8)12(15)16/h3-6H,7H2,1-2H3. The lowest BCUT2D eigenvalue weighted by molar-refractivity contribution is -0.563. The zero-order valence-electron chi connectivity index (χ0n) is 10.4. The summed E-state index contributed by atoms with van der Waals surface area (Å²) in [4.78, 5) is 31.5. The fraction of sp³-hybridized carbons (Fsp3) is 0.364. The van der Waals surface area contributed by atoms with E-state index in [0.717, 1.165) is 12.1 Å². The third kappa shape index (κ3) is 3.73. The number of hydrogen-bond donors (Lipinski definition) is 0. The van der Waals surface area contributed by atoms with Gasteiger partial charge in [-0.2, -0.15) is 0 Å². The number of benzene rings is 1. The van der Waals surface area contributed by atoms with Gasteiger partial charge in [-0.3, -0.25) is 20.2 Å². The smallest absolute Gasteiger partial charge is 0.338 e. The molecule has 19 heavy (non-hydrogen) atoms. The highest BCUT2D eigenvalue weighted by Gasteiger charge is 2.32. The van der Waals surface area contributed by atoms with Crippen molar-refractivity contribution in [1.29, 1.82) is 0 Å². The maximum Gasteiger partial charge on any atom is 0.338 e. The molecule has 8 nitrogen and oxygen atoms in total. The molecule has 0 N–H and O–H groups in total. The second-order valence-corrected chi connectivity index (χ2v) is 4.45. The average molecular weight is 268 g/mol. The molecular formula is C11H12N2O6. The minimum absolute atomic E-state index is 0.102. The molecule has 0 radical (unpaired) electrons. The second-order valence-electron chi connectivity index (χ2n) is 4.45. The Kier molecular flexibility index (Phi) is 4.15. The van der Waals surface area contributed by atoms with E-state index in [1.807, 2.05) is 0 Å². The first-order valence-electron chi connectivity index (χ1n) is 5.30. The highest BCUT2D eigenvalue weighted by atomic mass is 16.6. The quantitative estimate of drug-likeness (QED) is 0.457. The van der Waals surface area contributed by atoms with E-state index in [9.17, 15) is 25.0 Å². The first kappa shape index (κ1) is 14.6. The van der Waals surface area contributed by atoms with E-state index in [-0.39, 0.29) is 17.9 Å². The summed E-state index contributed by atoms with van der Waals surface area (Å²) >= 11 is 0. The van der Waals surface area contributed by atoms with Crippen molar-refractivity contribution >= 4 is 11.7 Å². The van der Waals surface area contributed by atoms with Crippen molar-refractivity contribution in [3.63, 3.8) is 0 Å². The molecule has 0 atom stereocenters. The zero-order valence-corrected chi connectivity index (χ0v) is 10.4. The number of carbonyl (C=O) groups excluding carboxylic acids is 1. The van der Waals surface area contributed by atoms with Gasteiger partial charge in [0, 0.05) is 30.9 Å². The minimum Gasteiger partial charge on any atom is -0.454 e. The molecule has 0 amide bonds. The van der Waals surface area contributed by atoms with Crippen molar-refractivity contribution in [2.24, 2.45) is 0 Å². The fourth-order valence-corrected chi connectivity index (χ4v) is 1.10. The van der Waals surface area contributed by atoms with E-state index < -0.39 is 21.4 Å². The van der Waals surface area contributed by atoms with E-state index in [4.69, 9.17) is 4.74 Å². The van der Waals surface area contributed by atoms with Crippen LogP contribution in [0.15, 0.2) is 24.3 Å². The van der Waals surface area contributed by atoms with E-state index in [0.29, 0.717) is 0 Å². The molecule has 102 valence electrons. The number of rotatable bonds is 5. The maximum absolute atomic E-state index is 11.6. The number of ether oxygens (including phenoxy) is 1. The molecule has 0 heterocycles. The summed E-state index contributed by atoms with van der Waals surface area (Å²) in [7, 11) is 0. The Hall–Kier alpha value is -2.51. The van der Waals surface area contributed by atoms with Gasteiger partial charge in [-0.15, -0.1) is 0 Å². The zero-order chi connectivity index (χ0) is 14.6. The van der Waals surface area contributed by atoms with Gasteiger partial charge in [-0.25, -0.2) is 4.79 Å². The normalized spacial score (nSPS) is 10.8. The lowest BCUT2D eigenvalue weighted by atomic mass is 10.1. The predicted molar refractivity (Wildman–Crippen MR) is 64.5 cm³/mol. The monoisotopic (exact) mass is 268 g/mol. The number of hydrogen-bond acceptors (Lipinski definition) is 6. The summed E-state index contributed by atoms with van der Waals surface area (Å²) in [5.74, 6) is -0.759. The van der Waals surface area contributed by atoms with Crippen molar-refractivity contribution in [2.75, 3.05) is 6.61 Å². The van der Waals surface area contributed by atoms with Gasteiger partial charge in [0.15, 0.2) is 6.61 Å². The van der Waals surface area contributed by atoms with Crippen LogP contribution in [0.25, 0.3) is 0 Å². The van der Waals surface area contributed by atoms with Crippen LogP contribution in [-0.2, 0) is 4.74 Å². The van der Waals surface area contributed by atoms with E-state index in [2.05, 4.69) is 0 Å². The molecule has 0 aliphatic carbocycles. The average Bonchev–Trinajstić information content (AvgIpc) is 2.36. The molecule has 1 aromatic rings. The van der Waals surface area contributed by atoms with Gasteiger partial charge in [0.05, 0.1) is 10.5 Å². The minimum atomic E-state index is -1.38. The van der Waals surface area contributed by atoms with Crippen molar-refractivity contribution < 1.29 is 19.4 Å². The van der Waals surface area contributed by atoms with Crippen LogP contribution in [0.3, 0.4) is 0 Å². The summed E-state index contributed by atoms with van der Waals surface area (Å²) in [5.41, 5.74) is -1.43. The molecule has 0 bridgehead atoms. The SMILES string of the molecule is CC(C)(COC(=O)c1ccc([N+](=O)[O-])cc1)[N+](=O)[O-]. The fourth-order valence-electron chi connectivity index (χ4n) is 1.10. The van der Waals surface area contributed by atoms with Crippen LogP contribution in [-0.4, -0.2) is 28.0 Å². The van der Waals surface area contributed by atoms with Crippen LogP contribution in [0.1, 0.15) is 24.2 Å². The van der Waals surface area contributed by atoms with E-state index in [1.54, 1.807) is 0 Å². The second kappa shape index (κ2) is 5.42. The Labute approximate surface area is 108 Å². The van der Waals surface area contributed by atoms with Gasteiger partial charge in [0.25, 0.3) is 5.69 Å². The molecule has 8 heteroatoms. The molecule has 0 aliphatic heterocycles. The lowest BCUT2D eigenvalue weighted by Crippen LogP contribution is -2.37. The number of esters is 1. The van der Waals surface area contributed by atoms with Gasteiger partial charge in [-0.05, 0) is 12.1 Å². The molecule has 0 saturated carbocycles. The number of nitro groups is 2. The number of nitrogens with zero attached hydrogens (tertiary/aromatic N) is 2. The summed E-state index contributed by atoms with van der Waals surface area (Å²) < 4.78 is 4.80. The van der Waals surface area contributed by atoms with Crippen molar-refractivity contribution in [3.8, 4) is 0 Å². The van der Waals surface area contributed by atoms with Crippen molar-refractivity contribution in [1.82, 2.24) is 0 Å². The maximum atomic E-state index is 11.6. The van der Waals surface area contributed by atoms with Crippen LogP contribution in [0, 0.1) is 20.2 Å². The molecule has 1 aromatic carbocycles. The third-order valence-electron chi connectivity index (χ3n) is 2.36. The van der Waals surface area contributed by atoms with Crippen molar-refractivity contribution in [2.45, 2.75) is 19.4 Å². The summed E-state index contributed by atoms with van der Waals surface area (Å²) in [6, 6.07) is 4.80. The highest BCUT2D eigenvalue weighted by molar-refractivity contribution is 5.89. The molecule has 0 spiro atoms. The Morgan fingerprint density at radius 1 is 1.21 bits per heavy atom. The number of non-ortho nitro benzene ring substituents is 1. The topological polar surface area (TPSA) is 113 Å². The first-order valence-corrected chi connectivity index (χ1v) is 5.30. The summed E-state index contributed by atoms with van der Waals surface area (Å²) in [5, 5.41) is 21.1. The van der Waals surface area contributed by atoms with Gasteiger partial charge in [0.2, 0.25) is 5.54 Å². The van der Waals surface area contributed by atoms with Crippen LogP contribution >= 0.6 is 0 Å². The van der Waals surface area contributed by atoms with Crippen LogP contribution < -0.4 is 0 Å². The molecule has 0 saturated heterocycles. The number of carbonyl (C=O) groups is 1. The molecule has 0 aliphatic rings. The summed E-state index contributed by atoms with van der Waals surface area (Å²) in [6.45, 7) is 2.28. The Balaban J connectivity index is 2.69. The Bertz CT molecular complexity index is 508. The van der Waals surface area contributed by atoms with Crippen LogP contribution in [0.2, 0.25) is 0 Å². The lowest BCUT2D eigenvalue weighted by Gasteiger charge is -2.15. The van der Waals surface area contributed by atoms with E-state index in [1.165, 1.54) is 26.0 Å². The summed E-state index contributed by atoms with van der Waals surface area (Å²) in [6.07, 6.45) is 0. The molecule has 0 unspecified atom stereocenters. The van der Waals surface area contributed by atoms with Gasteiger partial charge < -0.3 is 4.74 Å². The molecule has 0 fully saturated rings. The Morgan fingerprint density at radius 3 is 2.16 bits per heavy atom. The van der Waals surface area contributed by atoms with Crippen molar-refractivity contribution in [3.05, 3.63) is 50.1 Å². The van der Waals surface area contributed by atoms with Gasteiger partial charge in [0.1, 0.15) is 0 Å². The van der Waals surface area contributed by atoms with Crippen LogP contribution in [0.5, 0.6) is 0 Å². The largest absolute Gasteiger partial charge is 0.454 e. The van der Waals surface area contributed by atoms with Gasteiger partial charge in [-0.1, -0.05) is 0 Å². The molecular weight excluding hydrogens is 256 g/mol. The first-order chi connectivity index (χ1) is 8.74. The number of nitro benzene ring substituents is 1. The third-order valence-corrected chi connectivity index (χ3v) is 2.36. The molecule has 0 aromatic heterocycles. The Morgan fingerprint density at radius 2 is 1.74 bits per heavy atom. The van der Waals surface area contributed by atoms with Crippen LogP contribution in [0.4, 0.5) is 5.69 Å². The highest BCUT2D eigenvalue weighted by Crippen LogP contribution is 2.14. The van der Waals surface area contributed by atoms with Gasteiger partial charge >= 0.3 is 5.97 Å². The van der Waals surface area contributed by atoms with E-state index >= 15 is 0 Å². The molecule has 1 rings (SSSR count). The predicted octanol–water partition coefficient (Wildman–Crippen LogP) is 1.81.